The van der Waals surface area contributed by atoms with Gasteiger partial charge in [-0.1, -0.05) is 143 Å². The van der Waals surface area contributed by atoms with E-state index in [1.807, 2.05) is 30.3 Å². The Labute approximate surface area is 429 Å². The van der Waals surface area contributed by atoms with Gasteiger partial charge in [-0.15, -0.1) is 22.7 Å². The number of hydrogen-bond donors (Lipinski definition) is 1. The number of carboxylic acids is 1. The van der Waals surface area contributed by atoms with Crippen LogP contribution in [0.4, 0.5) is 34.1 Å². The summed E-state index contributed by atoms with van der Waals surface area (Å²) >= 11 is 3.35. The maximum atomic E-state index is 12.6. The lowest BCUT2D eigenvalue weighted by molar-refractivity contribution is -0.132. The van der Waals surface area contributed by atoms with Crippen LogP contribution >= 0.6 is 22.7 Å². The van der Waals surface area contributed by atoms with Crippen LogP contribution in [-0.2, 0) is 4.79 Å². The molecule has 0 spiro atoms. The molecule has 10 aromatic rings. The summed E-state index contributed by atoms with van der Waals surface area (Å²) in [5.41, 5.74) is 14.0. The second-order valence-corrected chi connectivity index (χ2v) is 20.3. The summed E-state index contributed by atoms with van der Waals surface area (Å²) in [6.45, 7) is 8.88. The summed E-state index contributed by atoms with van der Waals surface area (Å²) < 4.78 is 2.35. The van der Waals surface area contributed by atoms with Crippen molar-refractivity contribution in [3.8, 4) is 53.8 Å². The highest BCUT2D eigenvalue weighted by Crippen LogP contribution is 2.48. The van der Waals surface area contributed by atoms with Crippen LogP contribution in [-0.4, -0.2) is 15.6 Å². The lowest BCUT2D eigenvalue weighted by Crippen LogP contribution is -2.09. The molecule has 3 aromatic heterocycles. The van der Waals surface area contributed by atoms with Gasteiger partial charge in [0, 0.05) is 49.4 Å². The van der Waals surface area contributed by atoms with Crippen LogP contribution in [0.25, 0.3) is 53.8 Å². The molecule has 8 heteroatoms. The number of aromatic nitrogens is 1. The van der Waals surface area contributed by atoms with Gasteiger partial charge in [-0.05, 0) is 143 Å². The molecule has 0 radical (unpaired) electrons. The molecule has 72 heavy (non-hydrogen) atoms. The number of nitriles is 1. The highest BCUT2D eigenvalue weighted by atomic mass is 32.1. The number of rotatable bonds is 15. The van der Waals surface area contributed by atoms with Gasteiger partial charge in [0.1, 0.15) is 11.6 Å². The minimum Gasteiger partial charge on any atom is -0.477 e. The van der Waals surface area contributed by atoms with Crippen LogP contribution in [0.5, 0.6) is 0 Å². The number of anilines is 6. The Balaban J connectivity index is 1.11. The Morgan fingerprint density at radius 1 is 0.500 bits per heavy atom. The van der Waals surface area contributed by atoms with E-state index in [0.717, 1.165) is 81.8 Å². The molecular weight excluding hydrogens is 921 g/mol. The molecular formula is C64H52N4O2S2. The van der Waals surface area contributed by atoms with Crippen molar-refractivity contribution >= 4 is 68.8 Å². The highest BCUT2D eigenvalue weighted by Gasteiger charge is 2.27. The van der Waals surface area contributed by atoms with Crippen LogP contribution in [0, 0.1) is 11.3 Å². The number of benzene rings is 7. The van der Waals surface area contributed by atoms with Gasteiger partial charge in [-0.25, -0.2) is 4.79 Å². The van der Waals surface area contributed by atoms with Gasteiger partial charge in [0.25, 0.3) is 0 Å². The molecule has 3 heterocycles. The number of thiophene rings is 2. The van der Waals surface area contributed by atoms with Crippen molar-refractivity contribution in [1.29, 1.82) is 5.26 Å². The first-order valence-corrected chi connectivity index (χ1v) is 25.8. The van der Waals surface area contributed by atoms with E-state index in [9.17, 15) is 15.2 Å². The van der Waals surface area contributed by atoms with Crippen LogP contribution < -0.4 is 9.80 Å². The zero-order chi connectivity index (χ0) is 49.7. The maximum absolute atomic E-state index is 12.6. The Morgan fingerprint density at radius 3 is 1.26 bits per heavy atom. The number of nitrogens with zero attached hydrogens (tertiary/aromatic N) is 4. The average Bonchev–Trinajstić information content (AvgIpc) is 4.19. The topological polar surface area (TPSA) is 72.5 Å². The van der Waals surface area contributed by atoms with Gasteiger partial charge >= 0.3 is 5.97 Å². The fourth-order valence-electron chi connectivity index (χ4n) is 9.38. The monoisotopic (exact) mass is 972 g/mol. The van der Waals surface area contributed by atoms with Gasteiger partial charge in [0.2, 0.25) is 0 Å². The summed E-state index contributed by atoms with van der Waals surface area (Å²) in [5.74, 6) is -0.931. The molecule has 10 rings (SSSR count). The van der Waals surface area contributed by atoms with Crippen molar-refractivity contribution in [3.05, 3.63) is 241 Å². The quantitative estimate of drug-likeness (QED) is 0.0818. The summed E-state index contributed by atoms with van der Waals surface area (Å²) in [6, 6.07) is 78.1. The molecule has 1 N–H and O–H groups in total. The molecule has 0 bridgehead atoms. The van der Waals surface area contributed by atoms with Crippen molar-refractivity contribution < 1.29 is 9.90 Å². The van der Waals surface area contributed by atoms with E-state index in [2.05, 4.69) is 236 Å². The third-order valence-electron chi connectivity index (χ3n) is 12.8. The summed E-state index contributed by atoms with van der Waals surface area (Å²) in [4.78, 5) is 21.3. The van der Waals surface area contributed by atoms with E-state index in [0.29, 0.717) is 5.56 Å². The zero-order valence-electron chi connectivity index (χ0n) is 40.5. The predicted molar refractivity (Wildman–Crippen MR) is 302 cm³/mol. The molecule has 0 atom stereocenters. The molecule has 0 aliphatic heterocycles. The largest absolute Gasteiger partial charge is 0.477 e. The number of hydrogen-bond acceptors (Lipinski definition) is 6. The highest BCUT2D eigenvalue weighted by molar-refractivity contribution is 7.19. The van der Waals surface area contributed by atoms with Gasteiger partial charge in [-0.3, -0.25) is 0 Å². The third kappa shape index (κ3) is 9.56. The van der Waals surface area contributed by atoms with Crippen LogP contribution in [0.2, 0.25) is 0 Å². The zero-order valence-corrected chi connectivity index (χ0v) is 42.1. The van der Waals surface area contributed by atoms with Crippen LogP contribution in [0.3, 0.4) is 0 Å². The number of para-hydroxylation sites is 5. The summed E-state index contributed by atoms with van der Waals surface area (Å²) in [6.07, 6.45) is 1.54. The van der Waals surface area contributed by atoms with Crippen molar-refractivity contribution in [3.63, 3.8) is 0 Å². The van der Waals surface area contributed by atoms with Crippen molar-refractivity contribution in [2.45, 2.75) is 39.5 Å². The van der Waals surface area contributed by atoms with E-state index < -0.39 is 5.97 Å². The van der Waals surface area contributed by atoms with Gasteiger partial charge < -0.3 is 19.5 Å². The SMILES string of the molecule is CC(C)c1cccc(C(C)C)c1-n1c(-c2ccc(-c3ccc(N(c4ccccc4)c4ccccc4)cc3)s2)cc(/C=C(\C#N)C(=O)O)c1-c1ccc(-c2ccc(N(c3ccccc3)c3ccccc3)cc2)s1. The predicted octanol–water partition coefficient (Wildman–Crippen LogP) is 18.4. The van der Waals surface area contributed by atoms with E-state index >= 15 is 0 Å². The maximum Gasteiger partial charge on any atom is 0.346 e. The molecule has 7 aromatic carbocycles. The first kappa shape index (κ1) is 47.2. The minimum absolute atomic E-state index is 0.168. The fourth-order valence-corrected chi connectivity index (χ4v) is 11.5. The Hall–Kier alpha value is -8.48. The summed E-state index contributed by atoms with van der Waals surface area (Å²) in [5, 5.41) is 20.5. The molecule has 0 fully saturated rings. The number of aliphatic carboxylic acids is 1. The first-order chi connectivity index (χ1) is 35.2. The molecule has 0 saturated carbocycles. The molecule has 352 valence electrons. The molecule has 0 aliphatic rings. The average molecular weight is 973 g/mol. The smallest absolute Gasteiger partial charge is 0.346 e. The molecule has 0 saturated heterocycles. The van der Waals surface area contributed by atoms with Crippen molar-refractivity contribution in [1.82, 2.24) is 4.57 Å². The van der Waals surface area contributed by atoms with Crippen molar-refractivity contribution in [2.75, 3.05) is 9.80 Å². The molecule has 6 nitrogen and oxygen atoms in total. The Kier molecular flexibility index (Phi) is 13.7. The van der Waals surface area contributed by atoms with Gasteiger partial charge in [-0.2, -0.15) is 5.26 Å². The van der Waals surface area contributed by atoms with Crippen molar-refractivity contribution in [2.24, 2.45) is 0 Å². The van der Waals surface area contributed by atoms with Crippen LogP contribution in [0.1, 0.15) is 56.2 Å². The van der Waals surface area contributed by atoms with E-state index in [4.69, 9.17) is 0 Å². The first-order valence-electron chi connectivity index (χ1n) is 24.1. The van der Waals surface area contributed by atoms with E-state index in [1.54, 1.807) is 28.7 Å². The molecule has 0 unspecified atom stereocenters. The normalized spacial score (nSPS) is 11.5. The lowest BCUT2D eigenvalue weighted by Gasteiger charge is -2.25. The van der Waals surface area contributed by atoms with Gasteiger partial charge in [0.15, 0.2) is 0 Å². The molecule has 0 amide bonds. The third-order valence-corrected chi connectivity index (χ3v) is 15.1. The second kappa shape index (κ2) is 20.9. The standard InChI is InChI=1S/C64H52N4O2S2/c1-43(2)55-26-17-27-56(44(3)4)63(55)68-57(60-38-36-58(71-60)45-28-32-53(33-29-45)66(49-18-9-5-10-19-49)50-20-11-6-12-21-50)41-47(40-48(42-65)64(69)70)62(68)61-39-37-59(72-61)46-30-34-54(35-31-46)67(51-22-13-7-14-23-51)52-24-15-8-16-25-52/h5-41,43-44H,1-4H3,(H,69,70)/b48-40+. The van der Waals surface area contributed by atoms with E-state index in [-0.39, 0.29) is 17.4 Å². The second-order valence-electron chi connectivity index (χ2n) is 18.2. The fraction of sp³-hybridized carbons (Fsp3) is 0.0938. The number of carboxylic acid groups (broad SMARTS) is 1. The van der Waals surface area contributed by atoms with E-state index in [1.165, 1.54) is 11.1 Å². The Morgan fingerprint density at radius 2 is 0.875 bits per heavy atom. The minimum atomic E-state index is -1.27. The molecule has 0 aliphatic carbocycles. The summed E-state index contributed by atoms with van der Waals surface area (Å²) in [7, 11) is 0. The Bertz CT molecular complexity index is 3440. The lowest BCUT2D eigenvalue weighted by atomic mass is 9.92. The number of carbonyl (C=O) groups is 1. The van der Waals surface area contributed by atoms with Crippen LogP contribution in [0.15, 0.2) is 224 Å². The van der Waals surface area contributed by atoms with Gasteiger partial charge in [0.05, 0.1) is 26.8 Å².